The average Bonchev–Trinajstić information content (AvgIpc) is 2.92. The highest BCUT2D eigenvalue weighted by Crippen LogP contribution is 2.35. The van der Waals surface area contributed by atoms with Crippen molar-refractivity contribution in [1.29, 1.82) is 0 Å². The van der Waals surface area contributed by atoms with Gasteiger partial charge in [0.15, 0.2) is 0 Å². The van der Waals surface area contributed by atoms with Gasteiger partial charge in [-0.05, 0) is 55.9 Å². The van der Waals surface area contributed by atoms with Crippen LogP contribution < -0.4 is 5.32 Å². The molecule has 0 bridgehead atoms. The fourth-order valence-electron chi connectivity index (χ4n) is 4.12. The molecule has 1 aromatic rings. The Morgan fingerprint density at radius 2 is 2.07 bits per heavy atom. The summed E-state index contributed by atoms with van der Waals surface area (Å²) in [6.45, 7) is 6.94. The largest absolute Gasteiger partial charge is 0.319 e. The molecule has 154 valence electrons. The van der Waals surface area contributed by atoms with Crippen molar-refractivity contribution < 1.29 is 13.2 Å². The summed E-state index contributed by atoms with van der Waals surface area (Å²) < 4.78 is 27.6. The second-order valence-electron chi connectivity index (χ2n) is 7.47. The van der Waals surface area contributed by atoms with Gasteiger partial charge in [0, 0.05) is 19.6 Å². The van der Waals surface area contributed by atoms with E-state index < -0.39 is 15.7 Å². The van der Waals surface area contributed by atoms with Gasteiger partial charge in [-0.2, -0.15) is 16.1 Å². The fraction of sp³-hybridized carbons (Fsp3) is 0.550. The Labute approximate surface area is 172 Å². The number of amides is 1. The standard InChI is InChI=1S/C20H29N3O3S2/c1-4-11-23-19(24)18(8-14-27-3)21-20(23)9-12-22(13-10-20)28(25,26)17-7-5-6-16(2)15-17/h4-7,15,18,21H,1,8-14H2,2-3H3. The summed E-state index contributed by atoms with van der Waals surface area (Å²) in [5, 5.41) is 3.54. The molecule has 0 radical (unpaired) electrons. The molecule has 2 aliphatic rings. The molecule has 1 amide bonds. The van der Waals surface area contributed by atoms with Crippen molar-refractivity contribution >= 4 is 27.7 Å². The Morgan fingerprint density at radius 3 is 2.68 bits per heavy atom. The van der Waals surface area contributed by atoms with Crippen LogP contribution in [0.2, 0.25) is 0 Å². The summed E-state index contributed by atoms with van der Waals surface area (Å²) in [5.41, 5.74) is 0.443. The Hall–Kier alpha value is -1.35. The van der Waals surface area contributed by atoms with Crippen molar-refractivity contribution in [3.63, 3.8) is 0 Å². The average molecular weight is 424 g/mol. The first-order chi connectivity index (χ1) is 13.3. The Bertz CT molecular complexity index is 833. The van der Waals surface area contributed by atoms with E-state index in [1.165, 1.54) is 0 Å². The van der Waals surface area contributed by atoms with Crippen LogP contribution in [0.3, 0.4) is 0 Å². The molecule has 0 aliphatic carbocycles. The summed E-state index contributed by atoms with van der Waals surface area (Å²) in [5.74, 6) is 1.01. The van der Waals surface area contributed by atoms with Crippen LogP contribution in [-0.4, -0.2) is 66.9 Å². The van der Waals surface area contributed by atoms with Crippen molar-refractivity contribution in [3.05, 3.63) is 42.5 Å². The van der Waals surface area contributed by atoms with E-state index in [9.17, 15) is 13.2 Å². The van der Waals surface area contributed by atoms with Gasteiger partial charge in [-0.3, -0.25) is 10.1 Å². The number of hydrogen-bond acceptors (Lipinski definition) is 5. The monoisotopic (exact) mass is 423 g/mol. The maximum Gasteiger partial charge on any atom is 0.243 e. The third kappa shape index (κ3) is 4.01. The van der Waals surface area contributed by atoms with E-state index in [2.05, 4.69) is 11.9 Å². The molecule has 6 nitrogen and oxygen atoms in total. The smallest absolute Gasteiger partial charge is 0.243 e. The minimum Gasteiger partial charge on any atom is -0.319 e. The Morgan fingerprint density at radius 1 is 1.36 bits per heavy atom. The summed E-state index contributed by atoms with van der Waals surface area (Å²) >= 11 is 1.72. The molecular formula is C20H29N3O3S2. The van der Waals surface area contributed by atoms with Crippen LogP contribution in [0.25, 0.3) is 0 Å². The normalized spacial score (nSPS) is 22.7. The molecule has 3 rings (SSSR count). The predicted molar refractivity (Wildman–Crippen MR) is 114 cm³/mol. The highest BCUT2D eigenvalue weighted by atomic mass is 32.2. The molecule has 2 aliphatic heterocycles. The van der Waals surface area contributed by atoms with Gasteiger partial charge >= 0.3 is 0 Å². The third-order valence-electron chi connectivity index (χ3n) is 5.62. The second-order valence-corrected chi connectivity index (χ2v) is 10.4. The van der Waals surface area contributed by atoms with Crippen molar-refractivity contribution in [3.8, 4) is 0 Å². The number of piperidine rings is 1. The molecule has 2 fully saturated rings. The highest BCUT2D eigenvalue weighted by molar-refractivity contribution is 7.98. The van der Waals surface area contributed by atoms with Crippen molar-refractivity contribution in [1.82, 2.24) is 14.5 Å². The van der Waals surface area contributed by atoms with Crippen molar-refractivity contribution in [2.24, 2.45) is 0 Å². The lowest BCUT2D eigenvalue weighted by Gasteiger charge is -2.44. The fourth-order valence-corrected chi connectivity index (χ4v) is 6.14. The number of nitrogens with zero attached hydrogens (tertiary/aromatic N) is 2. The van der Waals surface area contributed by atoms with Crippen molar-refractivity contribution in [2.45, 2.75) is 42.8 Å². The van der Waals surface area contributed by atoms with Crippen LogP contribution >= 0.6 is 11.8 Å². The molecule has 2 saturated heterocycles. The molecule has 28 heavy (non-hydrogen) atoms. The first-order valence-corrected chi connectivity index (χ1v) is 12.4. The lowest BCUT2D eigenvalue weighted by Crippen LogP contribution is -2.59. The van der Waals surface area contributed by atoms with Crippen LogP contribution in [0.15, 0.2) is 41.8 Å². The summed E-state index contributed by atoms with van der Waals surface area (Å²) in [4.78, 5) is 15.1. The molecule has 0 aromatic heterocycles. The molecular weight excluding hydrogens is 394 g/mol. The zero-order valence-corrected chi connectivity index (χ0v) is 18.2. The number of rotatable bonds is 7. The van der Waals surface area contributed by atoms with E-state index in [0.717, 1.165) is 17.7 Å². The number of thioether (sulfide) groups is 1. The maximum atomic E-state index is 13.0. The number of carbonyl (C=O) groups excluding carboxylic acids is 1. The number of benzene rings is 1. The summed E-state index contributed by atoms with van der Waals surface area (Å²) in [7, 11) is -3.52. The van der Waals surface area contributed by atoms with E-state index in [0.29, 0.717) is 37.4 Å². The maximum absolute atomic E-state index is 13.0. The van der Waals surface area contributed by atoms with E-state index in [4.69, 9.17) is 0 Å². The van der Waals surface area contributed by atoms with Gasteiger partial charge in [0.2, 0.25) is 15.9 Å². The van der Waals surface area contributed by atoms with Gasteiger partial charge in [0.05, 0.1) is 16.6 Å². The molecule has 2 heterocycles. The zero-order chi connectivity index (χ0) is 20.4. The molecule has 1 N–H and O–H groups in total. The van der Waals surface area contributed by atoms with Crippen LogP contribution in [-0.2, 0) is 14.8 Å². The topological polar surface area (TPSA) is 69.7 Å². The van der Waals surface area contributed by atoms with Gasteiger partial charge in [0.1, 0.15) is 0 Å². The molecule has 1 atom stereocenters. The lowest BCUT2D eigenvalue weighted by atomic mass is 9.97. The van der Waals surface area contributed by atoms with E-state index >= 15 is 0 Å². The van der Waals surface area contributed by atoms with Crippen LogP contribution in [0.1, 0.15) is 24.8 Å². The summed E-state index contributed by atoms with van der Waals surface area (Å²) in [6.07, 6.45) is 5.71. The molecule has 0 saturated carbocycles. The first kappa shape index (κ1) is 21.4. The van der Waals surface area contributed by atoms with Crippen LogP contribution in [0, 0.1) is 6.92 Å². The van der Waals surface area contributed by atoms with Crippen LogP contribution in [0.5, 0.6) is 0 Å². The van der Waals surface area contributed by atoms with Gasteiger partial charge < -0.3 is 4.90 Å². The molecule has 8 heteroatoms. The number of aryl methyl sites for hydroxylation is 1. The number of hydrogen-bond donors (Lipinski definition) is 1. The lowest BCUT2D eigenvalue weighted by molar-refractivity contribution is -0.132. The second kappa shape index (κ2) is 8.57. The third-order valence-corrected chi connectivity index (χ3v) is 8.16. The van der Waals surface area contributed by atoms with E-state index in [1.807, 2.05) is 24.1 Å². The molecule has 1 spiro atoms. The first-order valence-electron chi connectivity index (χ1n) is 9.60. The Kier molecular flexibility index (Phi) is 6.54. The Balaban J connectivity index is 1.77. The predicted octanol–water partition coefficient (Wildman–Crippen LogP) is 2.22. The minimum absolute atomic E-state index is 0.101. The quantitative estimate of drug-likeness (QED) is 0.681. The van der Waals surface area contributed by atoms with Crippen molar-refractivity contribution in [2.75, 3.05) is 31.6 Å². The summed E-state index contributed by atoms with van der Waals surface area (Å²) in [6, 6.07) is 6.81. The van der Waals surface area contributed by atoms with E-state index in [1.54, 1.807) is 40.3 Å². The minimum atomic E-state index is -3.52. The number of carbonyl (C=O) groups is 1. The molecule has 1 unspecified atom stereocenters. The molecule has 1 aromatic carbocycles. The van der Waals surface area contributed by atoms with Gasteiger partial charge in [-0.15, -0.1) is 6.58 Å². The zero-order valence-electron chi connectivity index (χ0n) is 16.6. The van der Waals surface area contributed by atoms with Crippen LogP contribution in [0.4, 0.5) is 0 Å². The number of sulfonamides is 1. The van der Waals surface area contributed by atoms with E-state index in [-0.39, 0.29) is 11.9 Å². The SMILES string of the molecule is C=CCN1C(=O)C(CCSC)NC12CCN(S(=O)(=O)c1cccc(C)c1)CC2. The van der Waals surface area contributed by atoms with Gasteiger partial charge in [-0.1, -0.05) is 18.2 Å². The van der Waals surface area contributed by atoms with Gasteiger partial charge in [-0.25, -0.2) is 8.42 Å². The van der Waals surface area contributed by atoms with Gasteiger partial charge in [0.25, 0.3) is 0 Å². The highest BCUT2D eigenvalue weighted by Gasteiger charge is 2.51. The number of nitrogens with one attached hydrogen (secondary N) is 1.